The smallest absolute Gasteiger partial charge is 0.418 e. The minimum absolute atomic E-state index is 0.820. The molecular formula is C13H17BF4N3-. The molecule has 1 aliphatic rings. The third kappa shape index (κ3) is 7.38. The molecule has 0 unspecified atom stereocenters. The molecule has 0 aromatic heterocycles. The molecule has 0 saturated carbocycles. The van der Waals surface area contributed by atoms with Crippen molar-refractivity contribution in [1.29, 1.82) is 0 Å². The van der Waals surface area contributed by atoms with Crippen LogP contribution in [0.3, 0.4) is 0 Å². The molecule has 0 fully saturated rings. The number of nitrogens with one attached hydrogen (secondary N) is 1. The van der Waals surface area contributed by atoms with E-state index in [4.69, 9.17) is 0 Å². The molecule has 0 spiro atoms. The lowest BCUT2D eigenvalue weighted by molar-refractivity contribution is 0.368. The highest BCUT2D eigenvalue weighted by Gasteiger charge is 2.20. The Balaban J connectivity index is 0.000000383. The first-order valence-electron chi connectivity index (χ1n) is 6.37. The van der Waals surface area contributed by atoms with Gasteiger partial charge in [-0.2, -0.15) is 0 Å². The van der Waals surface area contributed by atoms with E-state index in [9.17, 15) is 17.3 Å². The quantitative estimate of drug-likeness (QED) is 0.638. The number of hydrogen-bond donors (Lipinski definition) is 1. The molecule has 21 heavy (non-hydrogen) atoms. The first-order valence-corrected chi connectivity index (χ1v) is 6.37. The second-order valence-electron chi connectivity index (χ2n) is 4.48. The van der Waals surface area contributed by atoms with E-state index < -0.39 is 7.25 Å². The second-order valence-corrected chi connectivity index (χ2v) is 4.48. The molecule has 8 heteroatoms. The van der Waals surface area contributed by atoms with E-state index in [0.29, 0.717) is 0 Å². The lowest BCUT2D eigenvalue weighted by Crippen LogP contribution is -2.20. The Morgan fingerprint density at radius 2 is 1.67 bits per heavy atom. The van der Waals surface area contributed by atoms with Gasteiger partial charge in [-0.3, -0.25) is 4.99 Å². The molecule has 0 amide bonds. The zero-order chi connectivity index (χ0) is 15.9. The van der Waals surface area contributed by atoms with Crippen molar-refractivity contribution in [1.82, 2.24) is 10.2 Å². The van der Waals surface area contributed by atoms with Gasteiger partial charge in [-0.05, 0) is 5.56 Å². The van der Waals surface area contributed by atoms with E-state index in [1.807, 2.05) is 25.1 Å². The summed E-state index contributed by atoms with van der Waals surface area (Å²) in [6.45, 7) is 1.71. The van der Waals surface area contributed by atoms with Crippen molar-refractivity contribution in [3.8, 4) is 0 Å². The number of nitrogens with zero attached hydrogens (tertiary/aromatic N) is 2. The number of rotatable bonds is 1. The Hall–Kier alpha value is -1.99. The van der Waals surface area contributed by atoms with Crippen LogP contribution in [0.25, 0.3) is 5.70 Å². The van der Waals surface area contributed by atoms with Crippen LogP contribution in [0.2, 0.25) is 0 Å². The maximum atomic E-state index is 9.75. The summed E-state index contributed by atoms with van der Waals surface area (Å²) in [5.41, 5.74) is 2.35. The SMILES string of the molecule is CN(C)C1=NCCNC(c2ccccc2)=C1.F[B-](F)(F)F. The average molecular weight is 302 g/mol. The molecule has 1 aromatic rings. The van der Waals surface area contributed by atoms with Crippen molar-refractivity contribution in [3.05, 3.63) is 42.0 Å². The molecule has 3 nitrogen and oxygen atoms in total. The van der Waals surface area contributed by atoms with Crippen LogP contribution in [0.15, 0.2) is 41.4 Å². The van der Waals surface area contributed by atoms with E-state index in [2.05, 4.69) is 40.7 Å². The molecule has 1 aliphatic heterocycles. The van der Waals surface area contributed by atoms with E-state index in [-0.39, 0.29) is 0 Å². The summed E-state index contributed by atoms with van der Waals surface area (Å²) in [7, 11) is -1.97. The van der Waals surface area contributed by atoms with Crippen LogP contribution in [0.4, 0.5) is 17.3 Å². The molecule has 0 radical (unpaired) electrons. The Bertz CT molecular complexity index is 492. The second kappa shape index (κ2) is 7.71. The van der Waals surface area contributed by atoms with Crippen molar-refractivity contribution in [2.24, 2.45) is 4.99 Å². The lowest BCUT2D eigenvalue weighted by atomic mass is 10.1. The molecule has 0 atom stereocenters. The van der Waals surface area contributed by atoms with Crippen molar-refractivity contribution < 1.29 is 17.3 Å². The monoisotopic (exact) mass is 302 g/mol. The third-order valence-electron chi connectivity index (χ3n) is 2.52. The lowest BCUT2D eigenvalue weighted by Gasteiger charge is -2.12. The van der Waals surface area contributed by atoms with E-state index in [0.717, 1.165) is 24.6 Å². The molecule has 1 heterocycles. The average Bonchev–Trinajstić information content (AvgIpc) is 2.63. The fourth-order valence-electron chi connectivity index (χ4n) is 1.66. The standard InChI is InChI=1S/C13H17N3.BF4/c1-16(2)13-10-12(14-8-9-15-13)11-6-4-3-5-7-11;2-1(3,4)5/h3-7,10,14H,8-9H2,1-2H3;/q;-1. The molecule has 0 saturated heterocycles. The highest BCUT2D eigenvalue weighted by molar-refractivity contribution is 6.50. The van der Waals surface area contributed by atoms with Crippen molar-refractivity contribution in [2.75, 3.05) is 27.2 Å². The van der Waals surface area contributed by atoms with Gasteiger partial charge >= 0.3 is 7.25 Å². The number of aliphatic imine (C=N–C) groups is 1. The molecule has 116 valence electrons. The summed E-state index contributed by atoms with van der Waals surface area (Å²) in [5.74, 6) is 1.02. The summed E-state index contributed by atoms with van der Waals surface area (Å²) < 4.78 is 39.0. The number of likely N-dealkylation sites (N-methyl/N-ethyl adjacent to an activating group) is 1. The first-order chi connectivity index (χ1) is 9.77. The Labute approximate surface area is 121 Å². The van der Waals surface area contributed by atoms with Gasteiger partial charge in [-0.25, -0.2) is 0 Å². The van der Waals surface area contributed by atoms with E-state index >= 15 is 0 Å². The minimum Gasteiger partial charge on any atom is -0.418 e. The highest BCUT2D eigenvalue weighted by atomic mass is 19.5. The molecule has 2 rings (SSSR count). The maximum Gasteiger partial charge on any atom is 0.673 e. The Morgan fingerprint density at radius 3 is 2.19 bits per heavy atom. The van der Waals surface area contributed by atoms with Crippen molar-refractivity contribution in [3.63, 3.8) is 0 Å². The third-order valence-corrected chi connectivity index (χ3v) is 2.52. The van der Waals surface area contributed by atoms with Gasteiger partial charge in [-0.15, -0.1) is 0 Å². The highest BCUT2D eigenvalue weighted by Crippen LogP contribution is 2.12. The summed E-state index contributed by atoms with van der Waals surface area (Å²) in [6.07, 6.45) is 2.10. The molecule has 0 aliphatic carbocycles. The topological polar surface area (TPSA) is 27.6 Å². The fourth-order valence-corrected chi connectivity index (χ4v) is 1.66. The number of hydrogen-bond acceptors (Lipinski definition) is 3. The van der Waals surface area contributed by atoms with Crippen LogP contribution in [-0.2, 0) is 0 Å². The van der Waals surface area contributed by atoms with Gasteiger partial charge in [-0.1, -0.05) is 30.3 Å². The van der Waals surface area contributed by atoms with Gasteiger partial charge in [0.1, 0.15) is 5.84 Å². The molecule has 1 N–H and O–H groups in total. The van der Waals surface area contributed by atoms with E-state index in [1.54, 1.807) is 0 Å². The number of benzene rings is 1. The van der Waals surface area contributed by atoms with Crippen LogP contribution >= 0.6 is 0 Å². The maximum absolute atomic E-state index is 9.75. The zero-order valence-corrected chi connectivity index (χ0v) is 11.9. The van der Waals surface area contributed by atoms with Gasteiger partial charge in [0.05, 0.1) is 6.54 Å². The largest absolute Gasteiger partial charge is 0.673 e. The molecule has 0 bridgehead atoms. The van der Waals surface area contributed by atoms with Crippen molar-refractivity contribution in [2.45, 2.75) is 0 Å². The summed E-state index contributed by atoms with van der Waals surface area (Å²) in [4.78, 5) is 6.54. The summed E-state index contributed by atoms with van der Waals surface area (Å²) in [6, 6.07) is 10.3. The van der Waals surface area contributed by atoms with Gasteiger partial charge in [0, 0.05) is 32.4 Å². The van der Waals surface area contributed by atoms with Gasteiger partial charge in [0.25, 0.3) is 0 Å². The van der Waals surface area contributed by atoms with Gasteiger partial charge in [0.15, 0.2) is 0 Å². The molecular weight excluding hydrogens is 285 g/mol. The zero-order valence-electron chi connectivity index (χ0n) is 11.9. The van der Waals surface area contributed by atoms with Crippen LogP contribution in [0, 0.1) is 0 Å². The Kier molecular flexibility index (Phi) is 6.26. The van der Waals surface area contributed by atoms with Crippen LogP contribution < -0.4 is 5.32 Å². The normalized spacial score (nSPS) is 14.8. The minimum atomic E-state index is -6.00. The van der Waals surface area contributed by atoms with Crippen LogP contribution in [0.1, 0.15) is 5.56 Å². The van der Waals surface area contributed by atoms with Gasteiger partial charge < -0.3 is 27.5 Å². The predicted molar refractivity (Wildman–Crippen MR) is 78.6 cm³/mol. The van der Waals surface area contributed by atoms with Crippen molar-refractivity contribution >= 4 is 18.8 Å². The summed E-state index contributed by atoms with van der Waals surface area (Å²) in [5, 5.41) is 3.40. The van der Waals surface area contributed by atoms with E-state index in [1.165, 1.54) is 5.56 Å². The number of halogens is 4. The predicted octanol–water partition coefficient (Wildman–Crippen LogP) is 2.89. The van der Waals surface area contributed by atoms with Crippen LogP contribution in [0.5, 0.6) is 0 Å². The fraction of sp³-hybridized carbons (Fsp3) is 0.308. The first kappa shape index (κ1) is 17.1. The Morgan fingerprint density at radius 1 is 1.10 bits per heavy atom. The van der Waals surface area contributed by atoms with Gasteiger partial charge in [0.2, 0.25) is 0 Å². The summed E-state index contributed by atoms with van der Waals surface area (Å²) >= 11 is 0. The molecule has 1 aromatic carbocycles. The number of amidine groups is 1. The van der Waals surface area contributed by atoms with Crippen LogP contribution in [-0.4, -0.2) is 45.2 Å².